The van der Waals surface area contributed by atoms with Gasteiger partial charge in [-0.1, -0.05) is 30.3 Å². The first-order valence-corrected chi connectivity index (χ1v) is 7.57. The summed E-state index contributed by atoms with van der Waals surface area (Å²) in [6.07, 6.45) is 0. The van der Waals surface area contributed by atoms with Crippen molar-refractivity contribution in [3.63, 3.8) is 0 Å². The van der Waals surface area contributed by atoms with Crippen LogP contribution in [0, 0.1) is 11.6 Å². The number of hydrogen-bond donors (Lipinski definition) is 0. The molecule has 0 aliphatic heterocycles. The molecule has 0 saturated carbocycles. The van der Waals surface area contributed by atoms with E-state index in [0.29, 0.717) is 0 Å². The molecule has 0 radical (unpaired) electrons. The molecule has 0 spiro atoms. The molecule has 21 heavy (non-hydrogen) atoms. The first-order valence-electron chi connectivity index (χ1n) is 6.42. The highest BCUT2D eigenvalue weighted by Gasteiger charge is 2.12. The van der Waals surface area contributed by atoms with Gasteiger partial charge in [-0.05, 0) is 18.2 Å². The Morgan fingerprint density at radius 3 is 2.52 bits per heavy atom. The number of nitrogens with zero attached hydrogens (tertiary/aromatic N) is 1. The van der Waals surface area contributed by atoms with Gasteiger partial charge in [0.25, 0.3) is 0 Å². The van der Waals surface area contributed by atoms with Crippen LogP contribution in [0.3, 0.4) is 0 Å². The molecule has 0 aromatic heterocycles. The summed E-state index contributed by atoms with van der Waals surface area (Å²) in [6.45, 7) is 0. The maximum Gasteiger partial charge on any atom is 0.236 e. The Bertz CT molecular complexity index is 619. The van der Waals surface area contributed by atoms with Gasteiger partial charge in [0.1, 0.15) is 0 Å². The second-order valence-corrected chi connectivity index (χ2v) is 5.48. The number of rotatable bonds is 5. The van der Waals surface area contributed by atoms with Crippen molar-refractivity contribution in [1.82, 2.24) is 0 Å². The van der Waals surface area contributed by atoms with Crippen LogP contribution in [0.2, 0.25) is 0 Å². The van der Waals surface area contributed by atoms with Crippen molar-refractivity contribution in [2.24, 2.45) is 0 Å². The van der Waals surface area contributed by atoms with Crippen LogP contribution in [-0.2, 0) is 10.5 Å². The molecule has 0 bridgehead atoms. The summed E-state index contributed by atoms with van der Waals surface area (Å²) in [5.74, 6) is -1.31. The standard InChI is InChI=1S/C16H15F2NOS/c1-19(13-7-3-2-4-8-13)15(20)11-21-10-12-6-5-9-14(17)16(12)18/h2-9H,10-11H2,1H3. The first-order chi connectivity index (χ1) is 10.1. The molecule has 2 aromatic rings. The van der Waals surface area contributed by atoms with Crippen LogP contribution in [-0.4, -0.2) is 18.7 Å². The molecule has 0 fully saturated rings. The smallest absolute Gasteiger partial charge is 0.236 e. The Morgan fingerprint density at radius 1 is 1.10 bits per heavy atom. The molecule has 2 aromatic carbocycles. The van der Waals surface area contributed by atoms with E-state index in [1.54, 1.807) is 11.9 Å². The second kappa shape index (κ2) is 7.22. The van der Waals surface area contributed by atoms with E-state index in [1.165, 1.54) is 23.9 Å². The highest BCUT2D eigenvalue weighted by atomic mass is 32.2. The fraction of sp³-hybridized carbons (Fsp3) is 0.188. The van der Waals surface area contributed by atoms with Crippen LogP contribution in [0.1, 0.15) is 5.56 Å². The number of halogens is 2. The normalized spacial score (nSPS) is 10.4. The number of hydrogen-bond acceptors (Lipinski definition) is 2. The second-order valence-electron chi connectivity index (χ2n) is 4.49. The first kappa shape index (κ1) is 15.5. The Morgan fingerprint density at radius 2 is 1.81 bits per heavy atom. The summed E-state index contributed by atoms with van der Waals surface area (Å²) < 4.78 is 26.5. The maximum atomic E-state index is 13.5. The summed E-state index contributed by atoms with van der Waals surface area (Å²) in [6, 6.07) is 13.3. The molecule has 0 atom stereocenters. The highest BCUT2D eigenvalue weighted by molar-refractivity contribution is 7.99. The van der Waals surface area contributed by atoms with E-state index >= 15 is 0 Å². The van der Waals surface area contributed by atoms with Crippen molar-refractivity contribution in [2.45, 2.75) is 5.75 Å². The third-order valence-electron chi connectivity index (χ3n) is 3.03. The molecule has 0 unspecified atom stereocenters. The predicted octanol–water partition coefficient (Wildman–Crippen LogP) is 3.86. The third kappa shape index (κ3) is 4.04. The van der Waals surface area contributed by atoms with Gasteiger partial charge in [0.05, 0.1) is 5.75 Å². The lowest BCUT2D eigenvalue weighted by molar-refractivity contribution is -0.115. The Balaban J connectivity index is 1.89. The topological polar surface area (TPSA) is 20.3 Å². The maximum absolute atomic E-state index is 13.5. The SMILES string of the molecule is CN(C(=O)CSCc1cccc(F)c1F)c1ccccc1. The van der Waals surface area contributed by atoms with Gasteiger partial charge in [0.2, 0.25) is 5.91 Å². The van der Waals surface area contributed by atoms with Gasteiger partial charge in [-0.15, -0.1) is 11.8 Å². The zero-order chi connectivity index (χ0) is 15.2. The monoisotopic (exact) mass is 307 g/mol. The predicted molar refractivity (Wildman–Crippen MR) is 82.4 cm³/mol. The summed E-state index contributed by atoms with van der Waals surface area (Å²) in [4.78, 5) is 13.6. The Hall–Kier alpha value is -1.88. The van der Waals surface area contributed by atoms with Gasteiger partial charge < -0.3 is 4.90 Å². The molecule has 2 nitrogen and oxygen atoms in total. The van der Waals surface area contributed by atoms with Crippen molar-refractivity contribution in [3.8, 4) is 0 Å². The number of anilines is 1. The number of thioether (sulfide) groups is 1. The van der Waals surface area contributed by atoms with Crippen molar-refractivity contribution >= 4 is 23.4 Å². The van der Waals surface area contributed by atoms with Crippen LogP contribution in [0.4, 0.5) is 14.5 Å². The number of amides is 1. The van der Waals surface area contributed by atoms with Crippen LogP contribution < -0.4 is 4.90 Å². The van der Waals surface area contributed by atoms with E-state index in [0.717, 1.165) is 11.8 Å². The quantitative estimate of drug-likeness (QED) is 0.836. The summed E-state index contributed by atoms with van der Waals surface area (Å²) in [5, 5.41) is 0. The van der Waals surface area contributed by atoms with Gasteiger partial charge in [0.15, 0.2) is 11.6 Å². The molecule has 0 saturated heterocycles. The fourth-order valence-corrected chi connectivity index (χ4v) is 2.71. The zero-order valence-electron chi connectivity index (χ0n) is 11.6. The number of carbonyl (C=O) groups is 1. The van der Waals surface area contributed by atoms with E-state index in [9.17, 15) is 13.6 Å². The van der Waals surface area contributed by atoms with Gasteiger partial charge >= 0.3 is 0 Å². The van der Waals surface area contributed by atoms with Crippen molar-refractivity contribution in [2.75, 3.05) is 17.7 Å². The molecule has 0 heterocycles. The van der Waals surface area contributed by atoms with Crippen molar-refractivity contribution in [1.29, 1.82) is 0 Å². The van der Waals surface area contributed by atoms with Crippen LogP contribution in [0.15, 0.2) is 48.5 Å². The lowest BCUT2D eigenvalue weighted by Crippen LogP contribution is -2.27. The summed E-state index contributed by atoms with van der Waals surface area (Å²) >= 11 is 1.26. The minimum absolute atomic E-state index is 0.0805. The van der Waals surface area contributed by atoms with Crippen LogP contribution >= 0.6 is 11.8 Å². The highest BCUT2D eigenvalue weighted by Crippen LogP contribution is 2.19. The summed E-state index contributed by atoms with van der Waals surface area (Å²) in [5.41, 5.74) is 1.08. The third-order valence-corrected chi connectivity index (χ3v) is 4.00. The van der Waals surface area contributed by atoms with Crippen LogP contribution in [0.5, 0.6) is 0 Å². The largest absolute Gasteiger partial charge is 0.315 e. The minimum Gasteiger partial charge on any atom is -0.315 e. The molecule has 2 rings (SSSR count). The molecular weight excluding hydrogens is 292 g/mol. The van der Waals surface area contributed by atoms with E-state index in [4.69, 9.17) is 0 Å². The molecule has 0 aliphatic rings. The van der Waals surface area contributed by atoms with E-state index in [1.807, 2.05) is 30.3 Å². The number of benzene rings is 2. The Kier molecular flexibility index (Phi) is 5.33. The zero-order valence-corrected chi connectivity index (χ0v) is 12.4. The van der Waals surface area contributed by atoms with Crippen LogP contribution in [0.25, 0.3) is 0 Å². The van der Waals surface area contributed by atoms with E-state index in [2.05, 4.69) is 0 Å². The lowest BCUT2D eigenvalue weighted by Gasteiger charge is -2.17. The van der Waals surface area contributed by atoms with Crippen molar-refractivity contribution in [3.05, 3.63) is 65.7 Å². The average Bonchev–Trinajstić information content (AvgIpc) is 2.51. The summed E-state index contributed by atoms with van der Waals surface area (Å²) in [7, 11) is 1.70. The Labute approximate surface area is 126 Å². The fourth-order valence-electron chi connectivity index (χ4n) is 1.80. The molecule has 0 N–H and O–H groups in total. The molecular formula is C16H15F2NOS. The van der Waals surface area contributed by atoms with Gasteiger partial charge in [-0.3, -0.25) is 4.79 Å². The van der Waals surface area contributed by atoms with Gasteiger partial charge in [0, 0.05) is 24.1 Å². The van der Waals surface area contributed by atoms with E-state index in [-0.39, 0.29) is 23.0 Å². The minimum atomic E-state index is -0.860. The average molecular weight is 307 g/mol. The van der Waals surface area contributed by atoms with Gasteiger partial charge in [-0.2, -0.15) is 0 Å². The molecule has 5 heteroatoms. The molecule has 110 valence electrons. The van der Waals surface area contributed by atoms with Crippen molar-refractivity contribution < 1.29 is 13.6 Å². The molecule has 1 amide bonds. The molecule has 0 aliphatic carbocycles. The van der Waals surface area contributed by atoms with Gasteiger partial charge in [-0.25, -0.2) is 8.78 Å². The number of carbonyl (C=O) groups excluding carboxylic acids is 1. The lowest BCUT2D eigenvalue weighted by atomic mass is 10.2. The van der Waals surface area contributed by atoms with E-state index < -0.39 is 11.6 Å². The number of para-hydroxylation sites is 1.